The van der Waals surface area contributed by atoms with Crippen molar-refractivity contribution in [1.82, 2.24) is 0 Å². The first-order valence-electron chi connectivity index (χ1n) is 10.9. The number of para-hydroxylation sites is 1. The number of carbonyl (C=O) groups is 1. The Balaban J connectivity index is 1.98. The van der Waals surface area contributed by atoms with Gasteiger partial charge in [0.1, 0.15) is 12.3 Å². The highest BCUT2D eigenvalue weighted by Crippen LogP contribution is 2.27. The molecule has 3 aromatic rings. The lowest BCUT2D eigenvalue weighted by atomic mass is 10.0. The number of amides is 1. The molecule has 0 aliphatic rings. The van der Waals surface area contributed by atoms with Crippen molar-refractivity contribution in [2.75, 3.05) is 23.3 Å². The highest BCUT2D eigenvalue weighted by molar-refractivity contribution is 7.92. The van der Waals surface area contributed by atoms with Crippen molar-refractivity contribution in [3.8, 4) is 5.75 Å². The van der Waals surface area contributed by atoms with Gasteiger partial charge in [0.25, 0.3) is 10.0 Å². The van der Waals surface area contributed by atoms with E-state index < -0.39 is 15.9 Å². The van der Waals surface area contributed by atoms with Crippen LogP contribution < -0.4 is 14.4 Å². The number of nitrogens with one attached hydrogen (secondary N) is 1. The van der Waals surface area contributed by atoms with Crippen molar-refractivity contribution in [2.24, 2.45) is 0 Å². The molecular weight excluding hydrogens is 436 g/mol. The molecule has 0 unspecified atom stereocenters. The molecule has 6 nitrogen and oxygen atoms in total. The molecule has 3 rings (SSSR count). The van der Waals surface area contributed by atoms with Gasteiger partial charge in [-0.3, -0.25) is 9.10 Å². The van der Waals surface area contributed by atoms with Crippen molar-refractivity contribution >= 4 is 27.3 Å². The van der Waals surface area contributed by atoms with E-state index in [9.17, 15) is 13.2 Å². The predicted molar refractivity (Wildman–Crippen MR) is 133 cm³/mol. The first-order valence-corrected chi connectivity index (χ1v) is 12.4. The predicted octanol–water partition coefficient (Wildman–Crippen LogP) is 4.96. The highest BCUT2D eigenvalue weighted by atomic mass is 32.2. The van der Waals surface area contributed by atoms with Crippen molar-refractivity contribution in [3.05, 3.63) is 83.4 Å². The topological polar surface area (TPSA) is 75.7 Å². The molecule has 0 radical (unpaired) electrons. The quantitative estimate of drug-likeness (QED) is 0.483. The number of hydrogen-bond acceptors (Lipinski definition) is 4. The number of hydrogen-bond donors (Lipinski definition) is 1. The van der Waals surface area contributed by atoms with Crippen LogP contribution in [0.3, 0.4) is 0 Å². The van der Waals surface area contributed by atoms with E-state index >= 15 is 0 Å². The Hall–Kier alpha value is -3.32. The summed E-state index contributed by atoms with van der Waals surface area (Å²) in [5.41, 5.74) is 4.12. The molecule has 1 N–H and O–H groups in total. The summed E-state index contributed by atoms with van der Waals surface area (Å²) in [6.45, 7) is 5.58. The lowest BCUT2D eigenvalue weighted by Gasteiger charge is -2.25. The van der Waals surface area contributed by atoms with Gasteiger partial charge in [-0.25, -0.2) is 8.42 Å². The minimum atomic E-state index is -3.98. The van der Waals surface area contributed by atoms with Gasteiger partial charge in [0.15, 0.2) is 0 Å². The maximum absolute atomic E-state index is 13.5. The third-order valence-corrected chi connectivity index (χ3v) is 7.31. The van der Waals surface area contributed by atoms with Crippen molar-refractivity contribution in [2.45, 2.75) is 38.5 Å². The fraction of sp³-hybridized carbons (Fsp3) is 0.269. The van der Waals surface area contributed by atoms with E-state index in [1.54, 1.807) is 55.6 Å². The average Bonchev–Trinajstić information content (AvgIpc) is 2.83. The van der Waals surface area contributed by atoms with E-state index in [4.69, 9.17) is 4.74 Å². The summed E-state index contributed by atoms with van der Waals surface area (Å²) in [5, 5.41) is 2.97. The number of nitrogens with zero attached hydrogens (tertiary/aromatic N) is 1. The minimum Gasteiger partial charge on any atom is -0.497 e. The Bertz CT molecular complexity index is 1180. The van der Waals surface area contributed by atoms with Crippen LogP contribution >= 0.6 is 0 Å². The molecule has 0 heterocycles. The van der Waals surface area contributed by atoms with Gasteiger partial charge in [-0.1, -0.05) is 49.7 Å². The molecule has 33 heavy (non-hydrogen) atoms. The fourth-order valence-corrected chi connectivity index (χ4v) is 5.03. The normalized spacial score (nSPS) is 11.2. The van der Waals surface area contributed by atoms with E-state index in [2.05, 4.69) is 5.32 Å². The molecule has 3 aromatic carbocycles. The van der Waals surface area contributed by atoms with E-state index in [1.807, 2.05) is 39.0 Å². The molecule has 174 valence electrons. The monoisotopic (exact) mass is 466 g/mol. The van der Waals surface area contributed by atoms with Gasteiger partial charge in [-0.05, 0) is 67.3 Å². The molecule has 0 saturated heterocycles. The van der Waals surface area contributed by atoms with Crippen LogP contribution in [0, 0.1) is 6.92 Å². The Labute approximate surface area is 196 Å². The van der Waals surface area contributed by atoms with Gasteiger partial charge in [0.2, 0.25) is 5.91 Å². The standard InChI is InChI=1S/C26H30N2O4S/c1-5-20-8-7-9-21(6-2)26(20)27-25(29)18-28(22-12-14-23(32-4)15-13-22)33(30,31)24-16-10-19(3)11-17-24/h7-17H,5-6,18H2,1-4H3,(H,27,29). The number of carbonyl (C=O) groups excluding carboxylic acids is 1. The molecule has 1 amide bonds. The van der Waals surface area contributed by atoms with Crippen LogP contribution in [0.5, 0.6) is 5.75 Å². The average molecular weight is 467 g/mol. The van der Waals surface area contributed by atoms with Gasteiger partial charge in [0, 0.05) is 5.69 Å². The number of rotatable bonds is 9. The summed E-state index contributed by atoms with van der Waals surface area (Å²) in [7, 11) is -2.44. The molecule has 0 aliphatic carbocycles. The summed E-state index contributed by atoms with van der Waals surface area (Å²) >= 11 is 0. The Morgan fingerprint density at radius 2 is 1.48 bits per heavy atom. The van der Waals surface area contributed by atoms with E-state index in [0.717, 1.165) is 39.5 Å². The Morgan fingerprint density at radius 1 is 0.909 bits per heavy atom. The summed E-state index contributed by atoms with van der Waals surface area (Å²) in [6, 6.07) is 19.1. The maximum atomic E-state index is 13.5. The Kier molecular flexibility index (Phi) is 7.76. The number of anilines is 2. The minimum absolute atomic E-state index is 0.125. The first-order chi connectivity index (χ1) is 15.8. The second-order valence-electron chi connectivity index (χ2n) is 7.73. The smallest absolute Gasteiger partial charge is 0.264 e. The number of benzene rings is 3. The Morgan fingerprint density at radius 3 is 2.00 bits per heavy atom. The molecule has 7 heteroatoms. The van der Waals surface area contributed by atoms with Crippen LogP contribution in [0.15, 0.2) is 71.6 Å². The van der Waals surface area contributed by atoms with Gasteiger partial charge < -0.3 is 10.1 Å². The summed E-state index contributed by atoms with van der Waals surface area (Å²) < 4.78 is 33.4. The first kappa shape index (κ1) is 24.3. The van der Waals surface area contributed by atoms with Crippen LogP contribution in [0.1, 0.15) is 30.5 Å². The molecule has 0 aromatic heterocycles. The van der Waals surface area contributed by atoms with E-state index in [1.165, 1.54) is 0 Å². The number of sulfonamides is 1. The number of aryl methyl sites for hydroxylation is 3. The number of ether oxygens (including phenoxy) is 1. The van der Waals surface area contributed by atoms with Crippen molar-refractivity contribution < 1.29 is 17.9 Å². The second-order valence-corrected chi connectivity index (χ2v) is 9.59. The summed E-state index contributed by atoms with van der Waals surface area (Å²) in [5.74, 6) is 0.192. The molecular formula is C26H30N2O4S. The third kappa shape index (κ3) is 5.54. The van der Waals surface area contributed by atoms with Crippen LogP contribution in [-0.4, -0.2) is 28.0 Å². The highest BCUT2D eigenvalue weighted by Gasteiger charge is 2.27. The van der Waals surface area contributed by atoms with Crippen molar-refractivity contribution in [3.63, 3.8) is 0 Å². The molecule has 0 saturated carbocycles. The van der Waals surface area contributed by atoms with Crippen LogP contribution in [0.2, 0.25) is 0 Å². The molecule has 0 bridgehead atoms. The zero-order valence-corrected chi connectivity index (χ0v) is 20.3. The molecule has 0 fully saturated rings. The van der Waals surface area contributed by atoms with E-state index in [0.29, 0.717) is 11.4 Å². The van der Waals surface area contributed by atoms with Gasteiger partial charge in [-0.2, -0.15) is 0 Å². The second kappa shape index (κ2) is 10.5. The third-order valence-electron chi connectivity index (χ3n) is 5.52. The van der Waals surface area contributed by atoms with Gasteiger partial charge >= 0.3 is 0 Å². The lowest BCUT2D eigenvalue weighted by Crippen LogP contribution is -2.38. The van der Waals surface area contributed by atoms with Crippen LogP contribution in [0.4, 0.5) is 11.4 Å². The lowest BCUT2D eigenvalue weighted by molar-refractivity contribution is -0.114. The fourth-order valence-electron chi connectivity index (χ4n) is 3.61. The summed E-state index contributed by atoms with van der Waals surface area (Å²) in [6.07, 6.45) is 1.51. The van der Waals surface area contributed by atoms with Crippen LogP contribution in [0.25, 0.3) is 0 Å². The van der Waals surface area contributed by atoms with Crippen LogP contribution in [-0.2, 0) is 27.7 Å². The largest absolute Gasteiger partial charge is 0.497 e. The molecule has 0 spiro atoms. The zero-order valence-electron chi connectivity index (χ0n) is 19.5. The summed E-state index contributed by atoms with van der Waals surface area (Å²) in [4.78, 5) is 13.3. The maximum Gasteiger partial charge on any atom is 0.264 e. The van der Waals surface area contributed by atoms with Gasteiger partial charge in [0.05, 0.1) is 17.7 Å². The van der Waals surface area contributed by atoms with Crippen molar-refractivity contribution in [1.29, 1.82) is 0 Å². The molecule has 0 aliphatic heterocycles. The molecule has 0 atom stereocenters. The zero-order chi connectivity index (χ0) is 24.0. The number of methoxy groups -OCH3 is 1. The SMILES string of the molecule is CCc1cccc(CC)c1NC(=O)CN(c1ccc(OC)cc1)S(=O)(=O)c1ccc(C)cc1. The van der Waals surface area contributed by atoms with E-state index in [-0.39, 0.29) is 11.4 Å². The van der Waals surface area contributed by atoms with Gasteiger partial charge in [-0.15, -0.1) is 0 Å².